The third kappa shape index (κ3) is 5.13. The molecule has 1 saturated heterocycles. The highest BCUT2D eigenvalue weighted by Gasteiger charge is 2.60. The minimum Gasteiger partial charge on any atom is -0.454 e. The number of pyridine rings is 1. The Balaban J connectivity index is 1.19. The van der Waals surface area contributed by atoms with Crippen LogP contribution in [0.1, 0.15) is 52.1 Å². The van der Waals surface area contributed by atoms with E-state index in [1.165, 1.54) is 28.7 Å². The predicted octanol–water partition coefficient (Wildman–Crippen LogP) is 7.18. The Morgan fingerprint density at radius 2 is 1.75 bits per heavy atom. The van der Waals surface area contributed by atoms with Crippen LogP contribution < -0.4 is 4.90 Å². The summed E-state index contributed by atoms with van der Waals surface area (Å²) in [6, 6.07) is 16.4. The van der Waals surface area contributed by atoms with Crippen molar-refractivity contribution < 1.29 is 28.8 Å². The van der Waals surface area contributed by atoms with Crippen LogP contribution in [-0.2, 0) is 20.7 Å². The summed E-state index contributed by atoms with van der Waals surface area (Å²) < 4.78 is 6.22. The van der Waals surface area contributed by atoms with Crippen molar-refractivity contribution in [1.29, 1.82) is 0 Å². The molecule has 3 aliphatic rings. The van der Waals surface area contributed by atoms with E-state index in [9.17, 15) is 29.3 Å². The van der Waals surface area contributed by atoms with Crippen molar-refractivity contribution in [2.75, 3.05) is 11.5 Å². The molecule has 4 unspecified atom stereocenters. The number of nitro benzene ring substituents is 1. The van der Waals surface area contributed by atoms with Crippen LogP contribution >= 0.6 is 15.9 Å². The molecule has 1 aromatic heterocycles. The first-order valence-electron chi connectivity index (χ1n) is 15.7. The van der Waals surface area contributed by atoms with Gasteiger partial charge < -0.3 is 4.74 Å². The average molecular weight is 709 g/mol. The topological polar surface area (TPSA) is 137 Å². The van der Waals surface area contributed by atoms with E-state index in [4.69, 9.17) is 9.72 Å². The number of hydrogen-bond donors (Lipinski definition) is 0. The number of ether oxygens (including phenoxy) is 1. The molecule has 2 fully saturated rings. The number of carbonyl (C=O) groups excluding carboxylic acids is 4. The Bertz CT molecular complexity index is 2120. The maximum absolute atomic E-state index is 13.6. The van der Waals surface area contributed by atoms with Gasteiger partial charge in [0.1, 0.15) is 0 Å². The minimum atomic E-state index is -0.756. The third-order valence-electron chi connectivity index (χ3n) is 9.92. The molecule has 2 heterocycles. The van der Waals surface area contributed by atoms with Crippen molar-refractivity contribution in [2.45, 2.75) is 33.6 Å². The molecule has 2 aliphatic carbocycles. The number of halogens is 1. The molecule has 4 atom stereocenters. The van der Waals surface area contributed by atoms with Crippen LogP contribution in [-0.4, -0.2) is 40.1 Å². The number of aryl methyl sites for hydroxylation is 2. The molecule has 2 bridgehead atoms. The molecule has 3 aromatic carbocycles. The number of allylic oxidation sites excluding steroid dienone is 2. The first-order chi connectivity index (χ1) is 23.0. The van der Waals surface area contributed by atoms with Crippen molar-refractivity contribution in [3.8, 4) is 11.3 Å². The summed E-state index contributed by atoms with van der Waals surface area (Å²) in [4.78, 5) is 70.4. The summed E-state index contributed by atoms with van der Waals surface area (Å²) in [6.07, 6.45) is 3.64. The third-order valence-corrected chi connectivity index (χ3v) is 10.4. The van der Waals surface area contributed by atoms with Gasteiger partial charge in [-0.05, 0) is 74.4 Å². The second kappa shape index (κ2) is 11.9. The summed E-state index contributed by atoms with van der Waals surface area (Å²) in [5.74, 6) is -2.02. The smallest absolute Gasteiger partial charge is 0.339 e. The van der Waals surface area contributed by atoms with Crippen molar-refractivity contribution in [3.63, 3.8) is 0 Å². The monoisotopic (exact) mass is 707 g/mol. The van der Waals surface area contributed by atoms with E-state index >= 15 is 0 Å². The number of amides is 2. The summed E-state index contributed by atoms with van der Waals surface area (Å²) >= 11 is 3.52. The summed E-state index contributed by atoms with van der Waals surface area (Å²) in [5, 5.41) is 11.9. The van der Waals surface area contributed by atoms with Crippen LogP contribution in [0.2, 0.25) is 0 Å². The van der Waals surface area contributed by atoms with E-state index in [1.807, 2.05) is 19.9 Å². The molecule has 0 N–H and O–H groups in total. The zero-order valence-electron chi connectivity index (χ0n) is 26.4. The number of esters is 1. The number of ketones is 1. The van der Waals surface area contributed by atoms with Gasteiger partial charge >= 0.3 is 5.97 Å². The van der Waals surface area contributed by atoms with Crippen LogP contribution in [0.3, 0.4) is 0 Å². The zero-order chi connectivity index (χ0) is 34.0. The molecule has 1 saturated carbocycles. The Kier molecular flexibility index (Phi) is 7.82. The summed E-state index contributed by atoms with van der Waals surface area (Å²) in [5.41, 5.74) is 4.75. The van der Waals surface area contributed by atoms with Crippen LogP contribution in [0, 0.1) is 40.7 Å². The van der Waals surface area contributed by atoms with Gasteiger partial charge in [0.05, 0.1) is 39.2 Å². The second-order valence-electron chi connectivity index (χ2n) is 12.7. The summed E-state index contributed by atoms with van der Waals surface area (Å²) in [7, 11) is 0. The predicted molar refractivity (Wildman–Crippen MR) is 182 cm³/mol. The van der Waals surface area contributed by atoms with Gasteiger partial charge in [0.15, 0.2) is 6.61 Å². The van der Waals surface area contributed by atoms with Crippen molar-refractivity contribution in [3.05, 3.63) is 109 Å². The molecule has 0 spiro atoms. The number of aromatic nitrogens is 1. The fourth-order valence-corrected chi connectivity index (χ4v) is 8.03. The normalized spacial score (nSPS) is 21.1. The van der Waals surface area contributed by atoms with E-state index in [0.29, 0.717) is 39.8 Å². The molecule has 2 amide bonds. The molecule has 0 radical (unpaired) electrons. The number of fused-ring (bicyclic) bond motifs is 6. The van der Waals surface area contributed by atoms with Gasteiger partial charge in [0.2, 0.25) is 17.6 Å². The molecular formula is C37H30BrN3O7. The van der Waals surface area contributed by atoms with Gasteiger partial charge in [-0.1, -0.05) is 58.8 Å². The van der Waals surface area contributed by atoms with Crippen molar-refractivity contribution >= 4 is 61.8 Å². The molecule has 1 aliphatic heterocycles. The van der Waals surface area contributed by atoms with E-state index in [0.717, 1.165) is 16.5 Å². The summed E-state index contributed by atoms with van der Waals surface area (Å²) in [6.45, 7) is 4.98. The fraction of sp³-hybridized carbons (Fsp3) is 0.270. The molecule has 242 valence electrons. The van der Waals surface area contributed by atoms with E-state index < -0.39 is 23.3 Å². The number of nitrogens with zero attached hydrogens (tertiary/aromatic N) is 3. The number of Topliss-reactive ketones (excluding diaryl/α,β-unsaturated/α-hetero) is 1. The highest BCUT2D eigenvalue weighted by Crippen LogP contribution is 2.56. The number of rotatable bonds is 8. The van der Waals surface area contributed by atoms with Crippen LogP contribution in [0.15, 0.2) is 76.8 Å². The van der Waals surface area contributed by atoms with Gasteiger partial charge in [0.25, 0.3) is 5.69 Å². The van der Waals surface area contributed by atoms with Gasteiger partial charge in [-0.25, -0.2) is 9.78 Å². The Hall–Kier alpha value is -5.03. The quantitative estimate of drug-likeness (QED) is 0.0469. The van der Waals surface area contributed by atoms with E-state index in [-0.39, 0.29) is 52.3 Å². The fourth-order valence-electron chi connectivity index (χ4n) is 7.53. The lowest BCUT2D eigenvalue weighted by Gasteiger charge is -2.19. The molecule has 48 heavy (non-hydrogen) atoms. The lowest BCUT2D eigenvalue weighted by atomic mass is 9.82. The number of imide groups is 1. The second-order valence-corrected chi connectivity index (χ2v) is 13.6. The van der Waals surface area contributed by atoms with Gasteiger partial charge in [-0.3, -0.25) is 29.4 Å². The van der Waals surface area contributed by atoms with E-state index in [1.54, 1.807) is 43.3 Å². The lowest BCUT2D eigenvalue weighted by Crippen LogP contribution is -2.32. The standard InChI is InChI=1S/C37H30BrN3O7/c1-4-20-12-24(38)15-27-28(37(45)48-17-31(42)22-6-5-18(2)30(14-22)41(46)47)16-29(39-34(20)27)21-7-9-25(10-8-21)40-35(43)32-23-11-19(3)26(13-23)33(32)36(40)44/h5-12,14-16,23,26,32-33H,4,13,17H2,1-3H3. The zero-order valence-corrected chi connectivity index (χ0v) is 27.9. The molecule has 10 nitrogen and oxygen atoms in total. The first-order valence-corrected chi connectivity index (χ1v) is 16.5. The van der Waals surface area contributed by atoms with Crippen molar-refractivity contribution in [2.24, 2.45) is 23.7 Å². The maximum atomic E-state index is 13.6. The molecule has 4 aromatic rings. The number of anilines is 1. The molecular weight excluding hydrogens is 678 g/mol. The first kappa shape index (κ1) is 31.6. The van der Waals surface area contributed by atoms with Crippen LogP contribution in [0.5, 0.6) is 0 Å². The van der Waals surface area contributed by atoms with Gasteiger partial charge in [0, 0.05) is 32.6 Å². The maximum Gasteiger partial charge on any atom is 0.339 e. The highest BCUT2D eigenvalue weighted by molar-refractivity contribution is 9.10. The number of carbonyl (C=O) groups is 4. The van der Waals surface area contributed by atoms with Crippen LogP contribution in [0.25, 0.3) is 22.2 Å². The minimum absolute atomic E-state index is 0.0640. The van der Waals surface area contributed by atoms with Crippen molar-refractivity contribution in [1.82, 2.24) is 4.98 Å². The Morgan fingerprint density at radius 3 is 2.46 bits per heavy atom. The van der Waals surface area contributed by atoms with Gasteiger partial charge in [-0.2, -0.15) is 0 Å². The Morgan fingerprint density at radius 1 is 1.02 bits per heavy atom. The number of benzene rings is 3. The SMILES string of the molecule is CCc1cc(Br)cc2c(C(=O)OCC(=O)c3ccc(C)c([N+](=O)[O-])c3)cc(-c3ccc(N4C(=O)C5C6C=C(C)C(C6)C5C4=O)cc3)nc12. The molecule has 11 heteroatoms. The van der Waals surface area contributed by atoms with E-state index in [2.05, 4.69) is 22.0 Å². The highest BCUT2D eigenvalue weighted by atomic mass is 79.9. The Labute approximate surface area is 284 Å². The molecule has 7 rings (SSSR count). The number of hydrogen-bond acceptors (Lipinski definition) is 8. The van der Waals surface area contributed by atoms with Gasteiger partial charge in [-0.15, -0.1) is 0 Å². The number of nitro groups is 1. The lowest BCUT2D eigenvalue weighted by molar-refractivity contribution is -0.385. The average Bonchev–Trinajstić information content (AvgIpc) is 3.72. The largest absolute Gasteiger partial charge is 0.454 e. The van der Waals surface area contributed by atoms with Crippen LogP contribution in [0.4, 0.5) is 11.4 Å².